The quantitative estimate of drug-likeness (QED) is 0.512. The number of anilines is 1. The number of nitrogens with one attached hydrogen (secondary N) is 1. The van der Waals surface area contributed by atoms with Gasteiger partial charge in [0.25, 0.3) is 0 Å². The molecule has 2 N–H and O–H groups in total. The van der Waals surface area contributed by atoms with Crippen molar-refractivity contribution in [3.8, 4) is 11.8 Å². The van der Waals surface area contributed by atoms with Crippen LogP contribution in [0.15, 0.2) is 49.1 Å². The molecule has 146 valence electrons. The van der Waals surface area contributed by atoms with Crippen LogP contribution in [0.25, 0.3) is 0 Å². The van der Waals surface area contributed by atoms with E-state index in [4.69, 9.17) is 14.7 Å². The van der Waals surface area contributed by atoms with E-state index >= 15 is 0 Å². The zero-order valence-electron chi connectivity index (χ0n) is 16.1. The topological polar surface area (TPSA) is 91.6 Å². The second-order valence-electron chi connectivity index (χ2n) is 6.20. The summed E-state index contributed by atoms with van der Waals surface area (Å²) in [6, 6.07) is 11.8. The van der Waals surface area contributed by atoms with Crippen molar-refractivity contribution in [3.63, 3.8) is 0 Å². The van der Waals surface area contributed by atoms with E-state index < -0.39 is 12.0 Å². The van der Waals surface area contributed by atoms with Crippen LogP contribution in [0.2, 0.25) is 0 Å². The van der Waals surface area contributed by atoms with Gasteiger partial charge in [-0.2, -0.15) is 5.26 Å². The molecule has 28 heavy (non-hydrogen) atoms. The zero-order valence-corrected chi connectivity index (χ0v) is 16.1. The summed E-state index contributed by atoms with van der Waals surface area (Å²) in [7, 11) is 1.32. The Bertz CT molecular complexity index is 869. The van der Waals surface area contributed by atoms with Gasteiger partial charge in [-0.15, -0.1) is 6.58 Å². The molecule has 0 aliphatic carbocycles. The van der Waals surface area contributed by atoms with Gasteiger partial charge in [-0.1, -0.05) is 17.7 Å². The fourth-order valence-corrected chi connectivity index (χ4v) is 2.91. The molecule has 6 nitrogen and oxygen atoms in total. The van der Waals surface area contributed by atoms with Crippen LogP contribution < -0.4 is 10.1 Å². The molecule has 0 saturated heterocycles. The first-order valence-electron chi connectivity index (χ1n) is 8.86. The van der Waals surface area contributed by atoms with Crippen molar-refractivity contribution >= 4 is 11.7 Å². The maximum Gasteiger partial charge on any atom is 0.333 e. The second kappa shape index (κ2) is 10.1. The van der Waals surface area contributed by atoms with Crippen LogP contribution in [0.1, 0.15) is 28.3 Å². The van der Waals surface area contributed by atoms with E-state index in [1.165, 1.54) is 7.11 Å². The number of aliphatic hydroxyl groups is 1. The number of rotatable bonds is 9. The Kier molecular flexibility index (Phi) is 7.61. The average Bonchev–Trinajstić information content (AvgIpc) is 2.71. The average molecular weight is 380 g/mol. The van der Waals surface area contributed by atoms with Crippen LogP contribution in [0.5, 0.6) is 5.75 Å². The summed E-state index contributed by atoms with van der Waals surface area (Å²) in [5.74, 6) is 0.0458. The predicted molar refractivity (Wildman–Crippen MR) is 107 cm³/mol. The van der Waals surface area contributed by atoms with Crippen molar-refractivity contribution < 1.29 is 19.4 Å². The molecular formula is C22H24N2O4. The van der Waals surface area contributed by atoms with Crippen LogP contribution in [0.3, 0.4) is 0 Å². The number of benzene rings is 2. The third-order valence-corrected chi connectivity index (χ3v) is 4.11. The Morgan fingerprint density at radius 2 is 2.07 bits per heavy atom. The number of nitriles is 1. The fourth-order valence-electron chi connectivity index (χ4n) is 2.91. The molecule has 0 aliphatic heterocycles. The number of hydrogen-bond acceptors (Lipinski definition) is 6. The SMILES string of the molecule is C=CCc1cc(C)cc(C(Nc2ccc(C#N)cc2)C(=O)OC)c1OCCO. The first kappa shape index (κ1) is 21.0. The van der Waals surface area contributed by atoms with Crippen molar-refractivity contribution in [2.45, 2.75) is 19.4 Å². The Morgan fingerprint density at radius 1 is 1.36 bits per heavy atom. The van der Waals surface area contributed by atoms with Gasteiger partial charge in [0.1, 0.15) is 12.4 Å². The summed E-state index contributed by atoms with van der Waals surface area (Å²) in [6.45, 7) is 5.67. The minimum absolute atomic E-state index is 0.102. The third-order valence-electron chi connectivity index (χ3n) is 4.11. The largest absolute Gasteiger partial charge is 0.491 e. The molecule has 0 aliphatic rings. The molecule has 0 heterocycles. The Hall–Kier alpha value is -3.30. The van der Waals surface area contributed by atoms with Crippen LogP contribution >= 0.6 is 0 Å². The summed E-state index contributed by atoms with van der Waals surface area (Å²) >= 11 is 0. The number of hydrogen-bond donors (Lipinski definition) is 2. The molecule has 2 rings (SSSR count). The molecule has 1 unspecified atom stereocenters. The number of aryl methyl sites for hydroxylation is 1. The van der Waals surface area contributed by atoms with Crippen molar-refractivity contribution in [2.24, 2.45) is 0 Å². The molecule has 0 bridgehead atoms. The van der Waals surface area contributed by atoms with Gasteiger partial charge in [0.05, 0.1) is 25.3 Å². The molecule has 0 amide bonds. The molecule has 0 saturated carbocycles. The lowest BCUT2D eigenvalue weighted by atomic mass is 9.97. The van der Waals surface area contributed by atoms with Gasteiger partial charge in [0.2, 0.25) is 0 Å². The van der Waals surface area contributed by atoms with Gasteiger partial charge in [-0.05, 0) is 49.2 Å². The van der Waals surface area contributed by atoms with Gasteiger partial charge in [-0.25, -0.2) is 4.79 Å². The van der Waals surface area contributed by atoms with Crippen LogP contribution in [-0.4, -0.2) is 31.4 Å². The lowest BCUT2D eigenvalue weighted by molar-refractivity contribution is -0.141. The van der Waals surface area contributed by atoms with Crippen LogP contribution in [0, 0.1) is 18.3 Å². The molecule has 6 heteroatoms. The highest BCUT2D eigenvalue weighted by molar-refractivity contribution is 5.82. The maximum atomic E-state index is 12.6. The number of nitrogens with zero attached hydrogens (tertiary/aromatic N) is 1. The molecular weight excluding hydrogens is 356 g/mol. The van der Waals surface area contributed by atoms with E-state index in [1.54, 1.807) is 30.3 Å². The lowest BCUT2D eigenvalue weighted by Crippen LogP contribution is -2.24. The minimum atomic E-state index is -0.824. The van der Waals surface area contributed by atoms with E-state index in [0.717, 1.165) is 11.1 Å². The Balaban J connectivity index is 2.52. The lowest BCUT2D eigenvalue weighted by Gasteiger charge is -2.23. The normalized spacial score (nSPS) is 11.2. The van der Waals surface area contributed by atoms with E-state index in [1.807, 2.05) is 19.1 Å². The maximum absolute atomic E-state index is 12.6. The van der Waals surface area contributed by atoms with E-state index in [0.29, 0.717) is 29.0 Å². The first-order chi connectivity index (χ1) is 13.5. The monoisotopic (exact) mass is 380 g/mol. The standard InChI is InChI=1S/C22H24N2O4/c1-4-5-17-12-15(2)13-19(21(17)28-11-10-25)20(22(26)27-3)24-18-8-6-16(14-23)7-9-18/h4,6-9,12-13,20,24-25H,1,5,10-11H2,2-3H3. The highest BCUT2D eigenvalue weighted by atomic mass is 16.5. The smallest absolute Gasteiger partial charge is 0.333 e. The summed E-state index contributed by atoms with van der Waals surface area (Å²) in [6.07, 6.45) is 2.31. The fraction of sp³-hybridized carbons (Fsp3) is 0.273. The number of esters is 1. The molecule has 0 radical (unpaired) electrons. The van der Waals surface area contributed by atoms with Gasteiger partial charge >= 0.3 is 5.97 Å². The summed E-state index contributed by atoms with van der Waals surface area (Å²) in [4.78, 5) is 12.6. The van der Waals surface area contributed by atoms with Crippen molar-refractivity contribution in [1.82, 2.24) is 0 Å². The molecule has 0 aromatic heterocycles. The third kappa shape index (κ3) is 5.12. The highest BCUT2D eigenvalue weighted by Crippen LogP contribution is 2.34. The van der Waals surface area contributed by atoms with Crippen molar-refractivity contribution in [1.29, 1.82) is 5.26 Å². The van der Waals surface area contributed by atoms with Crippen LogP contribution in [0.4, 0.5) is 5.69 Å². The molecule has 0 fully saturated rings. The van der Waals surface area contributed by atoms with Gasteiger partial charge in [-0.3, -0.25) is 0 Å². The second-order valence-corrected chi connectivity index (χ2v) is 6.20. The van der Waals surface area contributed by atoms with Gasteiger partial charge < -0.3 is 19.9 Å². The summed E-state index contributed by atoms with van der Waals surface area (Å²) < 4.78 is 10.8. The molecule has 1 atom stereocenters. The number of allylic oxidation sites excluding steroid dienone is 1. The first-order valence-corrected chi connectivity index (χ1v) is 8.86. The van der Waals surface area contributed by atoms with Gasteiger partial charge in [0.15, 0.2) is 6.04 Å². The minimum Gasteiger partial charge on any atom is -0.491 e. The Labute approximate surface area is 165 Å². The number of aliphatic hydroxyl groups excluding tert-OH is 1. The molecule has 2 aromatic carbocycles. The van der Waals surface area contributed by atoms with Crippen LogP contribution in [-0.2, 0) is 16.0 Å². The van der Waals surface area contributed by atoms with E-state index in [-0.39, 0.29) is 13.2 Å². The number of carbonyl (C=O) groups is 1. The van der Waals surface area contributed by atoms with Crippen molar-refractivity contribution in [2.75, 3.05) is 25.6 Å². The zero-order chi connectivity index (χ0) is 20.5. The highest BCUT2D eigenvalue weighted by Gasteiger charge is 2.27. The number of carbonyl (C=O) groups excluding carboxylic acids is 1. The number of methoxy groups -OCH3 is 1. The van der Waals surface area contributed by atoms with E-state index in [2.05, 4.69) is 18.0 Å². The summed E-state index contributed by atoms with van der Waals surface area (Å²) in [5.41, 5.74) is 3.62. The van der Waals surface area contributed by atoms with Crippen molar-refractivity contribution in [3.05, 3.63) is 71.3 Å². The molecule has 2 aromatic rings. The molecule has 0 spiro atoms. The number of ether oxygens (including phenoxy) is 2. The predicted octanol–water partition coefficient (Wildman–Crippen LogP) is 3.29. The van der Waals surface area contributed by atoms with E-state index in [9.17, 15) is 9.90 Å². The van der Waals surface area contributed by atoms with Gasteiger partial charge in [0, 0.05) is 11.3 Å². The Morgan fingerprint density at radius 3 is 2.64 bits per heavy atom. The summed E-state index contributed by atoms with van der Waals surface area (Å²) in [5, 5.41) is 21.3.